The van der Waals surface area contributed by atoms with Gasteiger partial charge in [-0.3, -0.25) is 0 Å². The van der Waals surface area contributed by atoms with Crippen molar-refractivity contribution in [1.82, 2.24) is 9.97 Å². The molecule has 2 aromatic rings. The molecule has 1 aliphatic rings. The lowest BCUT2D eigenvalue weighted by molar-refractivity contribution is 0.477. The highest BCUT2D eigenvalue weighted by molar-refractivity contribution is 5.77. The lowest BCUT2D eigenvalue weighted by Gasteiger charge is -2.15. The van der Waals surface area contributed by atoms with Crippen LogP contribution in [0.2, 0.25) is 0 Å². The third kappa shape index (κ3) is 3.62. The van der Waals surface area contributed by atoms with Gasteiger partial charge in [0.25, 0.3) is 0 Å². The van der Waals surface area contributed by atoms with Gasteiger partial charge in [-0.25, -0.2) is 9.97 Å². The average Bonchev–Trinajstić information content (AvgIpc) is 3.10. The van der Waals surface area contributed by atoms with Crippen molar-refractivity contribution in [2.45, 2.75) is 38.0 Å². The molecule has 0 unspecified atom stereocenters. The Hall–Kier alpha value is -2.14. The van der Waals surface area contributed by atoms with Crippen LogP contribution in [0.1, 0.15) is 43.8 Å². The van der Waals surface area contributed by atoms with Gasteiger partial charge in [0.2, 0.25) is 0 Å². The first-order valence-electron chi connectivity index (χ1n) is 8.39. The lowest BCUT2D eigenvalue weighted by Crippen LogP contribution is -2.11. The number of aromatic hydroxyl groups is 1. The topological polar surface area (TPSA) is 84.1 Å². The third-order valence-corrected chi connectivity index (χ3v) is 4.38. The molecule has 0 atom stereocenters. The van der Waals surface area contributed by atoms with Crippen LogP contribution in [0.25, 0.3) is 11.3 Å². The van der Waals surface area contributed by atoms with Crippen LogP contribution in [-0.2, 0) is 0 Å². The molecule has 0 bridgehead atoms. The summed E-state index contributed by atoms with van der Waals surface area (Å²) in [6, 6.07) is 7.32. The summed E-state index contributed by atoms with van der Waals surface area (Å²) < 4.78 is 0. The van der Waals surface area contributed by atoms with E-state index in [4.69, 9.17) is 10.7 Å². The molecule has 0 aliphatic heterocycles. The van der Waals surface area contributed by atoms with Crippen LogP contribution in [0.15, 0.2) is 30.5 Å². The zero-order chi connectivity index (χ0) is 16.1. The van der Waals surface area contributed by atoms with E-state index in [1.54, 1.807) is 6.07 Å². The number of nitrogens with zero attached hydrogens (tertiary/aromatic N) is 2. The fourth-order valence-electron chi connectivity index (χ4n) is 3.11. The number of phenolic OH excluding ortho intramolecular Hbond substituents is 1. The fourth-order valence-corrected chi connectivity index (χ4v) is 3.11. The maximum absolute atomic E-state index is 10.2. The molecular weight excluding hydrogens is 288 g/mol. The Bertz CT molecular complexity index is 653. The van der Waals surface area contributed by atoms with Crippen molar-refractivity contribution < 1.29 is 5.11 Å². The van der Waals surface area contributed by atoms with Gasteiger partial charge < -0.3 is 16.2 Å². The molecule has 0 saturated heterocycles. The Morgan fingerprint density at radius 2 is 2.00 bits per heavy atom. The molecule has 0 amide bonds. The predicted octanol–water partition coefficient (Wildman–Crippen LogP) is 3.27. The summed E-state index contributed by atoms with van der Waals surface area (Å²) in [5.74, 6) is 1.58. The van der Waals surface area contributed by atoms with E-state index in [1.165, 1.54) is 12.8 Å². The van der Waals surface area contributed by atoms with Crippen molar-refractivity contribution in [1.29, 1.82) is 0 Å². The lowest BCUT2D eigenvalue weighted by atomic mass is 10.1. The first kappa shape index (κ1) is 15.7. The van der Waals surface area contributed by atoms with Crippen LogP contribution >= 0.6 is 0 Å². The van der Waals surface area contributed by atoms with Gasteiger partial charge in [-0.15, -0.1) is 0 Å². The zero-order valence-electron chi connectivity index (χ0n) is 13.3. The molecule has 1 heterocycles. The second kappa shape index (κ2) is 7.42. The summed E-state index contributed by atoms with van der Waals surface area (Å²) in [6.45, 7) is 1.41. The van der Waals surface area contributed by atoms with Gasteiger partial charge in [0.1, 0.15) is 17.3 Å². The molecule has 0 radical (unpaired) electrons. The highest BCUT2D eigenvalue weighted by atomic mass is 16.3. The molecule has 5 heteroatoms. The van der Waals surface area contributed by atoms with Crippen LogP contribution in [0.5, 0.6) is 5.75 Å². The molecule has 122 valence electrons. The highest BCUT2D eigenvalue weighted by Crippen LogP contribution is 2.36. The number of anilines is 1. The second-order valence-electron chi connectivity index (χ2n) is 6.06. The SMILES string of the molecule is NCCCNc1cnc(C2CCCC2)nc1-c1ccccc1O. The number of nitrogens with one attached hydrogen (secondary N) is 1. The number of hydrogen-bond acceptors (Lipinski definition) is 5. The summed E-state index contributed by atoms with van der Waals surface area (Å²) in [4.78, 5) is 9.37. The first-order chi connectivity index (χ1) is 11.3. The molecule has 1 aromatic heterocycles. The van der Waals surface area contributed by atoms with Gasteiger partial charge >= 0.3 is 0 Å². The van der Waals surface area contributed by atoms with Crippen molar-refractivity contribution in [2.75, 3.05) is 18.4 Å². The van der Waals surface area contributed by atoms with E-state index in [0.29, 0.717) is 12.5 Å². The largest absolute Gasteiger partial charge is 0.507 e. The van der Waals surface area contributed by atoms with Crippen LogP contribution in [0, 0.1) is 0 Å². The molecule has 3 rings (SSSR count). The normalized spacial score (nSPS) is 15.0. The fraction of sp³-hybridized carbons (Fsp3) is 0.444. The number of nitrogens with two attached hydrogens (primary N) is 1. The monoisotopic (exact) mass is 312 g/mol. The van der Waals surface area contributed by atoms with Gasteiger partial charge in [-0.1, -0.05) is 25.0 Å². The summed E-state index contributed by atoms with van der Waals surface area (Å²) in [5.41, 5.74) is 7.93. The Labute approximate surface area is 137 Å². The molecule has 1 fully saturated rings. The van der Waals surface area contributed by atoms with Gasteiger partial charge in [-0.2, -0.15) is 0 Å². The van der Waals surface area contributed by atoms with Crippen molar-refractivity contribution in [3.8, 4) is 17.0 Å². The van der Waals surface area contributed by atoms with Gasteiger partial charge in [0.05, 0.1) is 11.9 Å². The van der Waals surface area contributed by atoms with Crippen molar-refractivity contribution in [3.63, 3.8) is 0 Å². The van der Waals surface area contributed by atoms with E-state index < -0.39 is 0 Å². The van der Waals surface area contributed by atoms with Crippen LogP contribution in [0.3, 0.4) is 0 Å². The molecule has 1 aliphatic carbocycles. The van der Waals surface area contributed by atoms with Gasteiger partial charge in [0, 0.05) is 18.0 Å². The predicted molar refractivity (Wildman–Crippen MR) is 92.5 cm³/mol. The summed E-state index contributed by atoms with van der Waals surface area (Å²) >= 11 is 0. The Kier molecular flexibility index (Phi) is 5.08. The molecule has 4 N–H and O–H groups in total. The molecule has 0 spiro atoms. The minimum absolute atomic E-state index is 0.241. The summed E-state index contributed by atoms with van der Waals surface area (Å²) in [5, 5.41) is 13.5. The number of rotatable bonds is 6. The minimum Gasteiger partial charge on any atom is -0.507 e. The van der Waals surface area contributed by atoms with Crippen molar-refractivity contribution in [3.05, 3.63) is 36.3 Å². The standard InChI is InChI=1S/C18H24N4O/c19-10-5-11-20-15-12-21-18(13-6-1-2-7-13)22-17(15)14-8-3-4-9-16(14)23/h3-4,8-9,12-13,20,23H,1-2,5-7,10-11,19H2. The quantitative estimate of drug-likeness (QED) is 0.713. The number of phenols is 1. The molecule has 1 saturated carbocycles. The van der Waals surface area contributed by atoms with E-state index in [2.05, 4.69) is 10.3 Å². The maximum atomic E-state index is 10.2. The maximum Gasteiger partial charge on any atom is 0.132 e. The van der Waals surface area contributed by atoms with Crippen molar-refractivity contribution in [2.24, 2.45) is 5.73 Å². The number of aromatic nitrogens is 2. The number of benzene rings is 1. The van der Waals surface area contributed by atoms with Crippen molar-refractivity contribution >= 4 is 5.69 Å². The Morgan fingerprint density at radius 3 is 2.74 bits per heavy atom. The molecule has 5 nitrogen and oxygen atoms in total. The van der Waals surface area contributed by atoms with E-state index in [0.717, 1.165) is 48.6 Å². The van der Waals surface area contributed by atoms with E-state index >= 15 is 0 Å². The summed E-state index contributed by atoms with van der Waals surface area (Å²) in [6.07, 6.45) is 7.52. The van der Waals surface area contributed by atoms with Crippen LogP contribution in [-0.4, -0.2) is 28.2 Å². The van der Waals surface area contributed by atoms with Gasteiger partial charge in [0.15, 0.2) is 0 Å². The smallest absolute Gasteiger partial charge is 0.132 e. The first-order valence-corrected chi connectivity index (χ1v) is 8.39. The Morgan fingerprint density at radius 1 is 1.22 bits per heavy atom. The minimum atomic E-state index is 0.241. The molecular formula is C18H24N4O. The highest BCUT2D eigenvalue weighted by Gasteiger charge is 2.22. The third-order valence-electron chi connectivity index (χ3n) is 4.38. The molecule has 23 heavy (non-hydrogen) atoms. The average molecular weight is 312 g/mol. The van der Waals surface area contributed by atoms with E-state index in [-0.39, 0.29) is 5.75 Å². The van der Waals surface area contributed by atoms with E-state index in [1.807, 2.05) is 24.4 Å². The van der Waals surface area contributed by atoms with Gasteiger partial charge in [-0.05, 0) is 37.9 Å². The van der Waals surface area contributed by atoms with Crippen LogP contribution in [0.4, 0.5) is 5.69 Å². The zero-order valence-corrected chi connectivity index (χ0v) is 13.3. The summed E-state index contributed by atoms with van der Waals surface area (Å²) in [7, 11) is 0. The van der Waals surface area contributed by atoms with Crippen LogP contribution < -0.4 is 11.1 Å². The Balaban J connectivity index is 1.97. The van der Waals surface area contributed by atoms with E-state index in [9.17, 15) is 5.11 Å². The molecule has 1 aromatic carbocycles. The number of para-hydroxylation sites is 1. The second-order valence-corrected chi connectivity index (χ2v) is 6.06. The number of hydrogen-bond donors (Lipinski definition) is 3.